The van der Waals surface area contributed by atoms with Crippen LogP contribution in [0.15, 0.2) is 24.3 Å². The van der Waals surface area contributed by atoms with Crippen molar-refractivity contribution in [3.05, 3.63) is 44.5 Å². The van der Waals surface area contributed by atoms with Crippen LogP contribution in [0.5, 0.6) is 0 Å². The van der Waals surface area contributed by atoms with Gasteiger partial charge >= 0.3 is 0 Å². The lowest BCUT2D eigenvalue weighted by Gasteiger charge is -2.20. The first-order valence-electron chi connectivity index (χ1n) is 10.2. The summed E-state index contributed by atoms with van der Waals surface area (Å²) < 4.78 is 0. The Morgan fingerprint density at radius 1 is 0.862 bits per heavy atom. The second kappa shape index (κ2) is 16.8. The monoisotopic (exact) mass is 414 g/mol. The number of unbranched alkanes of at least 4 members (excludes halogenated alkanes) is 4. The molecule has 0 heterocycles. The molecular weight excluding hydrogens is 380 g/mol. The number of nitrogens with zero attached hydrogens (tertiary/aromatic N) is 2. The summed E-state index contributed by atoms with van der Waals surface area (Å²) in [5.74, 6) is 0. The van der Waals surface area contributed by atoms with E-state index in [2.05, 4.69) is 13.0 Å². The normalized spacial score (nSPS) is 16.0. The van der Waals surface area contributed by atoms with Gasteiger partial charge in [-0.15, -0.1) is 0 Å². The zero-order valence-corrected chi connectivity index (χ0v) is 17.1. The van der Waals surface area contributed by atoms with Gasteiger partial charge in [0, 0.05) is 22.7 Å². The van der Waals surface area contributed by atoms with Crippen molar-refractivity contribution in [2.45, 2.75) is 95.4 Å². The predicted molar refractivity (Wildman–Crippen MR) is 110 cm³/mol. The van der Waals surface area contributed by atoms with Crippen LogP contribution in [0.4, 0.5) is 0 Å². The first kappa shape index (κ1) is 26.9. The van der Waals surface area contributed by atoms with Gasteiger partial charge in [-0.3, -0.25) is 20.2 Å². The second-order valence-corrected chi connectivity index (χ2v) is 7.08. The molecule has 0 spiro atoms. The van der Waals surface area contributed by atoms with E-state index in [9.17, 15) is 35.2 Å². The number of allylic oxidation sites excluding steroid dienone is 3. The van der Waals surface area contributed by atoms with Gasteiger partial charge in [0.15, 0.2) is 0 Å². The summed E-state index contributed by atoms with van der Waals surface area (Å²) in [6.45, 7) is 2.14. The summed E-state index contributed by atoms with van der Waals surface area (Å²) in [7, 11) is 0. The minimum atomic E-state index is -1.57. The summed E-state index contributed by atoms with van der Waals surface area (Å²) >= 11 is 0. The molecule has 0 amide bonds. The highest BCUT2D eigenvalue weighted by atomic mass is 16.6. The van der Waals surface area contributed by atoms with Crippen molar-refractivity contribution in [2.75, 3.05) is 0 Å². The van der Waals surface area contributed by atoms with Crippen molar-refractivity contribution < 1.29 is 24.9 Å². The molecule has 0 saturated carbocycles. The van der Waals surface area contributed by atoms with Crippen molar-refractivity contribution in [2.24, 2.45) is 0 Å². The number of rotatable bonds is 18. The molecule has 9 nitrogen and oxygen atoms in total. The quantitative estimate of drug-likeness (QED) is 0.115. The molecule has 0 fully saturated rings. The molecule has 29 heavy (non-hydrogen) atoms. The number of aliphatic hydroxyl groups excluding tert-OH is 2. The van der Waals surface area contributed by atoms with Gasteiger partial charge in [-0.05, 0) is 32.1 Å². The minimum absolute atomic E-state index is 0.0241. The molecule has 0 aromatic carbocycles. The molecule has 4 unspecified atom stereocenters. The number of hydrogen-bond acceptors (Lipinski definition) is 7. The molecule has 0 aliphatic heterocycles. The highest BCUT2D eigenvalue weighted by molar-refractivity contribution is 5.48. The minimum Gasteiger partial charge on any atom is -0.386 e. The number of nitro groups is 2. The molecule has 9 heteroatoms. The molecule has 0 aromatic rings. The van der Waals surface area contributed by atoms with E-state index in [0.717, 1.165) is 12.8 Å². The number of aldehydes is 1. The SMILES string of the molecule is CCCCC/C=C\C/C=C\CC(O)C(CC(O)C(CCCC=O)[N+](=O)[O-])[N+](=O)[O-]. The first-order chi connectivity index (χ1) is 13.8. The Morgan fingerprint density at radius 2 is 1.52 bits per heavy atom. The molecule has 0 aromatic heterocycles. The fourth-order valence-corrected chi connectivity index (χ4v) is 2.93. The van der Waals surface area contributed by atoms with Gasteiger partial charge < -0.3 is 15.0 Å². The fraction of sp³-hybridized carbons (Fsp3) is 0.750. The highest BCUT2D eigenvalue weighted by Gasteiger charge is 2.38. The van der Waals surface area contributed by atoms with E-state index in [1.54, 1.807) is 12.2 Å². The van der Waals surface area contributed by atoms with E-state index in [1.165, 1.54) is 12.8 Å². The van der Waals surface area contributed by atoms with Crippen molar-refractivity contribution in [1.82, 2.24) is 0 Å². The summed E-state index contributed by atoms with van der Waals surface area (Å²) in [4.78, 5) is 31.3. The zero-order chi connectivity index (χ0) is 22.1. The zero-order valence-electron chi connectivity index (χ0n) is 17.1. The van der Waals surface area contributed by atoms with Crippen LogP contribution < -0.4 is 0 Å². The highest BCUT2D eigenvalue weighted by Crippen LogP contribution is 2.17. The Labute approximate surface area is 171 Å². The topological polar surface area (TPSA) is 144 Å². The molecule has 0 rings (SSSR count). The average molecular weight is 414 g/mol. The Balaban J connectivity index is 4.58. The van der Waals surface area contributed by atoms with Crippen LogP contribution in [0.3, 0.4) is 0 Å². The standard InChI is InChI=1S/C20H34N2O7/c1-2-3-4-5-6-7-8-9-10-14-19(24)18(22(28)29)16-20(25)17(21(26)27)13-11-12-15-23/h6-7,9-10,15,17-20,24-25H,2-5,8,11-14,16H2,1H3/b7-6-,10-9-. The lowest BCUT2D eigenvalue weighted by molar-refractivity contribution is -0.554. The van der Waals surface area contributed by atoms with Crippen LogP contribution in [0.1, 0.15) is 71.1 Å². The van der Waals surface area contributed by atoms with Gasteiger partial charge in [-0.25, -0.2) is 0 Å². The van der Waals surface area contributed by atoms with Gasteiger partial charge in [0.1, 0.15) is 18.5 Å². The van der Waals surface area contributed by atoms with Gasteiger partial charge in [0.25, 0.3) is 0 Å². The molecule has 166 valence electrons. The molecule has 0 bridgehead atoms. The summed E-state index contributed by atoms with van der Waals surface area (Å²) in [5, 5.41) is 42.6. The van der Waals surface area contributed by atoms with Crippen LogP contribution >= 0.6 is 0 Å². The third-order valence-corrected chi connectivity index (χ3v) is 4.69. The van der Waals surface area contributed by atoms with Crippen LogP contribution in [0.25, 0.3) is 0 Å². The Hall–Kier alpha value is -2.13. The summed E-state index contributed by atoms with van der Waals surface area (Å²) in [6, 6.07) is -2.91. The largest absolute Gasteiger partial charge is 0.386 e. The van der Waals surface area contributed by atoms with Crippen molar-refractivity contribution in [1.29, 1.82) is 0 Å². The van der Waals surface area contributed by atoms with E-state index in [0.29, 0.717) is 12.7 Å². The molecule has 0 radical (unpaired) electrons. The number of carbonyl (C=O) groups is 1. The smallest absolute Gasteiger partial charge is 0.241 e. The van der Waals surface area contributed by atoms with E-state index >= 15 is 0 Å². The maximum Gasteiger partial charge on any atom is 0.241 e. The average Bonchev–Trinajstić information content (AvgIpc) is 2.67. The molecule has 0 aliphatic carbocycles. The molecule has 4 atom stereocenters. The van der Waals surface area contributed by atoms with Crippen molar-refractivity contribution in [3.63, 3.8) is 0 Å². The van der Waals surface area contributed by atoms with Crippen LogP contribution in [0.2, 0.25) is 0 Å². The van der Waals surface area contributed by atoms with Gasteiger partial charge in [-0.1, -0.05) is 44.1 Å². The second-order valence-electron chi connectivity index (χ2n) is 7.08. The lowest BCUT2D eigenvalue weighted by Crippen LogP contribution is -2.42. The maximum absolute atomic E-state index is 11.3. The van der Waals surface area contributed by atoms with E-state index < -0.39 is 40.6 Å². The third kappa shape index (κ3) is 12.8. The van der Waals surface area contributed by atoms with Gasteiger partial charge in [-0.2, -0.15) is 0 Å². The van der Waals surface area contributed by atoms with Gasteiger partial charge in [0.05, 0.1) is 6.42 Å². The number of aliphatic hydroxyl groups is 2. The Morgan fingerprint density at radius 3 is 2.10 bits per heavy atom. The van der Waals surface area contributed by atoms with E-state index in [-0.39, 0.29) is 25.7 Å². The Kier molecular flexibility index (Phi) is 15.6. The third-order valence-electron chi connectivity index (χ3n) is 4.69. The van der Waals surface area contributed by atoms with Crippen LogP contribution in [-0.2, 0) is 4.79 Å². The molecular formula is C20H34N2O7. The number of carbonyl (C=O) groups excluding carboxylic acids is 1. The molecule has 2 N–H and O–H groups in total. The predicted octanol–water partition coefficient (Wildman–Crippen LogP) is 3.23. The van der Waals surface area contributed by atoms with Crippen LogP contribution in [0, 0.1) is 20.2 Å². The fourth-order valence-electron chi connectivity index (χ4n) is 2.93. The lowest BCUT2D eigenvalue weighted by atomic mass is 9.95. The van der Waals surface area contributed by atoms with Crippen LogP contribution in [-0.4, -0.2) is 50.6 Å². The van der Waals surface area contributed by atoms with Crippen molar-refractivity contribution >= 4 is 6.29 Å². The van der Waals surface area contributed by atoms with E-state index in [1.807, 2.05) is 6.08 Å². The Bertz CT molecular complexity index is 537. The summed E-state index contributed by atoms with van der Waals surface area (Å²) in [5.41, 5.74) is 0. The van der Waals surface area contributed by atoms with Crippen molar-refractivity contribution in [3.8, 4) is 0 Å². The molecule has 0 saturated heterocycles. The van der Waals surface area contributed by atoms with E-state index in [4.69, 9.17) is 0 Å². The number of hydrogen-bond donors (Lipinski definition) is 2. The van der Waals surface area contributed by atoms with Gasteiger partial charge in [0.2, 0.25) is 12.1 Å². The summed E-state index contributed by atoms with van der Waals surface area (Å²) in [6.07, 6.45) is 10.2. The maximum atomic E-state index is 11.3. The molecule has 0 aliphatic rings. The first-order valence-corrected chi connectivity index (χ1v) is 10.2.